The van der Waals surface area contributed by atoms with Gasteiger partial charge in [-0.1, -0.05) is 109 Å². The number of hydrogen-bond donors (Lipinski definition) is 0. The molecule has 0 aromatic heterocycles. The van der Waals surface area contributed by atoms with E-state index in [4.69, 9.17) is 9.47 Å². The lowest BCUT2D eigenvalue weighted by atomic mass is 9.83. The Kier molecular flexibility index (Phi) is 8.09. The molecular weight excluding hydrogens is 448 g/mol. The summed E-state index contributed by atoms with van der Waals surface area (Å²) >= 11 is 0. The fraction of sp³-hybridized carbons (Fsp3) is 0.125. The average molecular weight is 477 g/mol. The van der Waals surface area contributed by atoms with Crippen molar-refractivity contribution in [3.8, 4) is 0 Å². The Morgan fingerprint density at radius 2 is 1.33 bits per heavy atom. The summed E-state index contributed by atoms with van der Waals surface area (Å²) in [6, 6.07) is 27.1. The first-order valence-electron chi connectivity index (χ1n) is 11.8. The number of carbonyl (C=O) groups is 2. The minimum atomic E-state index is -0.558. The minimum Gasteiger partial charge on any atom is -0.466 e. The number of methoxy groups -OCH3 is 2. The molecule has 4 heteroatoms. The maximum atomic E-state index is 13.5. The van der Waals surface area contributed by atoms with E-state index in [2.05, 4.69) is 18.2 Å². The van der Waals surface area contributed by atoms with Crippen molar-refractivity contribution in [2.75, 3.05) is 14.2 Å². The Balaban J connectivity index is 2.07. The fourth-order valence-electron chi connectivity index (χ4n) is 4.39. The molecule has 3 aromatic carbocycles. The van der Waals surface area contributed by atoms with Gasteiger partial charge in [0.1, 0.15) is 0 Å². The van der Waals surface area contributed by atoms with Crippen LogP contribution in [0.25, 0.3) is 11.1 Å². The number of hydrogen-bond acceptors (Lipinski definition) is 4. The van der Waals surface area contributed by atoms with E-state index in [0.29, 0.717) is 22.3 Å². The van der Waals surface area contributed by atoms with Gasteiger partial charge in [0, 0.05) is 17.2 Å². The molecule has 0 atom stereocenters. The van der Waals surface area contributed by atoms with Crippen LogP contribution >= 0.6 is 0 Å². The van der Waals surface area contributed by atoms with Gasteiger partial charge in [-0.25, -0.2) is 9.59 Å². The molecule has 1 aliphatic rings. The van der Waals surface area contributed by atoms with Crippen LogP contribution in [0.5, 0.6) is 0 Å². The molecule has 0 aliphatic heterocycles. The van der Waals surface area contributed by atoms with E-state index in [0.717, 1.165) is 23.1 Å². The standard InChI is InChI=1S/C32H28O4/c1-35-29(33)22-28(24-15-5-3-6-16-24)31(32(34)36-2)30(25-17-7-4-8-18-25)27-20-12-11-19-26(27)21-23-13-9-10-14-23/h3-20,22-23H,21H2,1-2H3. The second kappa shape index (κ2) is 11.8. The number of ether oxygens (including phenoxy) is 2. The molecule has 0 unspecified atom stereocenters. The molecule has 0 heterocycles. The monoisotopic (exact) mass is 476 g/mol. The predicted molar refractivity (Wildman–Crippen MR) is 143 cm³/mol. The molecule has 180 valence electrons. The summed E-state index contributed by atoms with van der Waals surface area (Å²) < 4.78 is 10.3. The van der Waals surface area contributed by atoms with E-state index in [-0.39, 0.29) is 5.92 Å². The SMILES string of the molecule is COC(=O)C=C(C(C(=O)OC)=C(c1ccccc1)c1ccccc1CC1C=CC=C1)c1ccccc1. The molecule has 0 bridgehead atoms. The van der Waals surface area contributed by atoms with Gasteiger partial charge in [-0.05, 0) is 34.6 Å². The molecular formula is C32H28O4. The first-order chi connectivity index (χ1) is 17.6. The largest absolute Gasteiger partial charge is 0.466 e. The molecule has 0 radical (unpaired) electrons. The van der Waals surface area contributed by atoms with Crippen LogP contribution in [0.2, 0.25) is 0 Å². The topological polar surface area (TPSA) is 52.6 Å². The van der Waals surface area contributed by atoms with E-state index in [1.165, 1.54) is 20.3 Å². The van der Waals surface area contributed by atoms with Crippen molar-refractivity contribution in [3.05, 3.63) is 143 Å². The number of rotatable bonds is 8. The van der Waals surface area contributed by atoms with Gasteiger partial charge >= 0.3 is 11.9 Å². The van der Waals surface area contributed by atoms with Crippen LogP contribution in [-0.4, -0.2) is 26.2 Å². The van der Waals surface area contributed by atoms with E-state index >= 15 is 0 Å². The van der Waals surface area contributed by atoms with Gasteiger partial charge in [0.25, 0.3) is 0 Å². The van der Waals surface area contributed by atoms with E-state index in [1.807, 2.05) is 91.0 Å². The highest BCUT2D eigenvalue weighted by atomic mass is 16.5. The summed E-state index contributed by atoms with van der Waals surface area (Å²) in [5.74, 6) is -0.829. The minimum absolute atomic E-state index is 0.268. The smallest absolute Gasteiger partial charge is 0.339 e. The van der Waals surface area contributed by atoms with E-state index < -0.39 is 11.9 Å². The zero-order valence-corrected chi connectivity index (χ0v) is 20.4. The highest BCUT2D eigenvalue weighted by molar-refractivity contribution is 6.17. The zero-order chi connectivity index (χ0) is 25.3. The summed E-state index contributed by atoms with van der Waals surface area (Å²) in [6.07, 6.45) is 10.6. The van der Waals surface area contributed by atoms with Crippen molar-refractivity contribution in [1.82, 2.24) is 0 Å². The van der Waals surface area contributed by atoms with Gasteiger partial charge < -0.3 is 9.47 Å². The maximum absolute atomic E-state index is 13.5. The van der Waals surface area contributed by atoms with Crippen molar-refractivity contribution in [1.29, 1.82) is 0 Å². The van der Waals surface area contributed by atoms with Gasteiger partial charge in [-0.3, -0.25) is 0 Å². The van der Waals surface area contributed by atoms with Crippen molar-refractivity contribution in [3.63, 3.8) is 0 Å². The summed E-state index contributed by atoms with van der Waals surface area (Å²) in [6.45, 7) is 0. The third-order valence-corrected chi connectivity index (χ3v) is 6.09. The summed E-state index contributed by atoms with van der Waals surface area (Å²) in [5.41, 5.74) is 4.97. The maximum Gasteiger partial charge on any atom is 0.339 e. The molecule has 36 heavy (non-hydrogen) atoms. The van der Waals surface area contributed by atoms with Crippen LogP contribution in [-0.2, 0) is 25.5 Å². The highest BCUT2D eigenvalue weighted by Crippen LogP contribution is 2.37. The Hall–Kier alpha value is -4.44. The second-order valence-corrected chi connectivity index (χ2v) is 8.35. The van der Waals surface area contributed by atoms with Crippen LogP contribution in [0.15, 0.2) is 121 Å². The first-order valence-corrected chi connectivity index (χ1v) is 11.8. The van der Waals surface area contributed by atoms with Crippen LogP contribution in [0.3, 0.4) is 0 Å². The van der Waals surface area contributed by atoms with Gasteiger partial charge in [0.15, 0.2) is 0 Å². The van der Waals surface area contributed by atoms with Crippen LogP contribution in [0.1, 0.15) is 22.3 Å². The molecule has 4 rings (SSSR count). The highest BCUT2D eigenvalue weighted by Gasteiger charge is 2.26. The summed E-state index contributed by atoms with van der Waals surface area (Å²) in [4.78, 5) is 26.1. The summed E-state index contributed by atoms with van der Waals surface area (Å²) in [5, 5.41) is 0. The van der Waals surface area contributed by atoms with Gasteiger partial charge in [-0.2, -0.15) is 0 Å². The normalized spacial score (nSPS) is 13.9. The third-order valence-electron chi connectivity index (χ3n) is 6.09. The number of benzene rings is 3. The van der Waals surface area contributed by atoms with Crippen LogP contribution in [0, 0.1) is 5.92 Å². The van der Waals surface area contributed by atoms with E-state index in [1.54, 1.807) is 0 Å². The predicted octanol–water partition coefficient (Wildman–Crippen LogP) is 6.20. The average Bonchev–Trinajstić information content (AvgIpc) is 3.45. The van der Waals surface area contributed by atoms with Gasteiger partial charge in [-0.15, -0.1) is 0 Å². The first kappa shape index (κ1) is 24.7. The lowest BCUT2D eigenvalue weighted by molar-refractivity contribution is -0.135. The third kappa shape index (κ3) is 5.61. The van der Waals surface area contributed by atoms with Gasteiger partial charge in [0.05, 0.1) is 19.8 Å². The molecule has 0 saturated carbocycles. The molecule has 4 nitrogen and oxygen atoms in total. The van der Waals surface area contributed by atoms with Crippen molar-refractivity contribution < 1.29 is 19.1 Å². The molecule has 3 aromatic rings. The van der Waals surface area contributed by atoms with Crippen molar-refractivity contribution >= 4 is 23.1 Å². The second-order valence-electron chi connectivity index (χ2n) is 8.35. The zero-order valence-electron chi connectivity index (χ0n) is 20.4. The quantitative estimate of drug-likeness (QED) is 0.221. The lowest BCUT2D eigenvalue weighted by Crippen LogP contribution is -2.13. The molecule has 0 amide bonds. The Morgan fingerprint density at radius 1 is 0.750 bits per heavy atom. The van der Waals surface area contributed by atoms with Crippen LogP contribution in [0.4, 0.5) is 0 Å². The van der Waals surface area contributed by atoms with Crippen LogP contribution < -0.4 is 0 Å². The molecule has 0 saturated heterocycles. The van der Waals surface area contributed by atoms with E-state index in [9.17, 15) is 9.59 Å². The molecule has 0 N–H and O–H groups in total. The Morgan fingerprint density at radius 3 is 1.94 bits per heavy atom. The van der Waals surface area contributed by atoms with Gasteiger partial charge in [0.2, 0.25) is 0 Å². The number of esters is 2. The fourth-order valence-corrected chi connectivity index (χ4v) is 4.39. The Labute approximate surface area is 211 Å². The number of allylic oxidation sites excluding steroid dienone is 4. The lowest BCUT2D eigenvalue weighted by Gasteiger charge is -2.21. The summed E-state index contributed by atoms with van der Waals surface area (Å²) in [7, 11) is 2.67. The molecule has 0 fully saturated rings. The van der Waals surface area contributed by atoms with Crippen molar-refractivity contribution in [2.24, 2.45) is 5.92 Å². The number of carbonyl (C=O) groups excluding carboxylic acids is 2. The van der Waals surface area contributed by atoms with Crippen molar-refractivity contribution in [2.45, 2.75) is 6.42 Å². The Bertz CT molecular complexity index is 1330. The molecule has 1 aliphatic carbocycles. The molecule has 0 spiro atoms.